The van der Waals surface area contributed by atoms with E-state index >= 15 is 0 Å². The molecule has 134 valence electrons. The number of hydrogen-bond donors (Lipinski definition) is 1. The van der Waals surface area contributed by atoms with Crippen molar-refractivity contribution >= 4 is 23.3 Å². The largest absolute Gasteiger partial charge is 0.462 e. The third-order valence-corrected chi connectivity index (χ3v) is 5.11. The summed E-state index contributed by atoms with van der Waals surface area (Å²) in [5.74, 6) is -0.248. The molecule has 1 aliphatic heterocycles. The number of carbonyl (C=O) groups is 1. The van der Waals surface area contributed by atoms with Gasteiger partial charge in [0.05, 0.1) is 31.6 Å². The average Bonchev–Trinajstić information content (AvgIpc) is 3.12. The Hall–Kier alpha value is -1.44. The van der Waals surface area contributed by atoms with E-state index in [1.165, 1.54) is 11.3 Å². The van der Waals surface area contributed by atoms with Crippen molar-refractivity contribution in [1.82, 2.24) is 4.90 Å². The molecule has 6 nitrogen and oxygen atoms in total. The number of amidine groups is 1. The number of likely N-dealkylation sites (tertiary alicyclic amines) is 1. The zero-order valence-electron chi connectivity index (χ0n) is 14.8. The van der Waals surface area contributed by atoms with Crippen LogP contribution in [-0.4, -0.2) is 69.9 Å². The first-order chi connectivity index (χ1) is 11.6. The number of carbonyl (C=O) groups excluding carboxylic acids is 1. The standard InChI is InChI=1S/C17H27N3O3S/c1-4-22-11-12-23-17(18-16(21)15-6-5-13-24-15)20(3)14-7-9-19(2)10-8-14/h5-6,13-14H,4,7-12H2,1-3H3/p+1. The van der Waals surface area contributed by atoms with Crippen molar-refractivity contribution in [3.05, 3.63) is 22.4 Å². The molecule has 1 aliphatic rings. The molecular weight excluding hydrogens is 326 g/mol. The maximum Gasteiger partial charge on any atom is 0.295 e. The van der Waals surface area contributed by atoms with E-state index in [-0.39, 0.29) is 5.91 Å². The molecule has 7 heteroatoms. The summed E-state index contributed by atoms with van der Waals surface area (Å²) < 4.78 is 11.1. The first-order valence-corrected chi connectivity index (χ1v) is 9.41. The summed E-state index contributed by atoms with van der Waals surface area (Å²) in [5.41, 5.74) is 0. The predicted octanol–water partition coefficient (Wildman–Crippen LogP) is 0.906. The minimum atomic E-state index is -0.248. The Morgan fingerprint density at radius 1 is 1.42 bits per heavy atom. The predicted molar refractivity (Wildman–Crippen MR) is 95.9 cm³/mol. The number of rotatable bonds is 6. The van der Waals surface area contributed by atoms with Crippen molar-refractivity contribution in [3.8, 4) is 0 Å². The molecule has 1 saturated heterocycles. The zero-order valence-corrected chi connectivity index (χ0v) is 15.6. The molecule has 24 heavy (non-hydrogen) atoms. The zero-order chi connectivity index (χ0) is 17.4. The Bertz CT molecular complexity index is 525. The molecule has 0 saturated carbocycles. The highest BCUT2D eigenvalue weighted by molar-refractivity contribution is 7.12. The Morgan fingerprint density at radius 3 is 2.79 bits per heavy atom. The number of nitrogens with one attached hydrogen (secondary N) is 1. The van der Waals surface area contributed by atoms with E-state index in [1.54, 1.807) is 11.0 Å². The second kappa shape index (κ2) is 9.76. The maximum atomic E-state index is 12.3. The first-order valence-electron chi connectivity index (χ1n) is 8.53. The highest BCUT2D eigenvalue weighted by Gasteiger charge is 2.26. The van der Waals surface area contributed by atoms with Crippen molar-refractivity contribution in [2.24, 2.45) is 4.99 Å². The molecule has 1 amide bonds. The summed E-state index contributed by atoms with van der Waals surface area (Å²) in [4.78, 5) is 20.8. The van der Waals surface area contributed by atoms with E-state index in [0.29, 0.717) is 36.8 Å². The van der Waals surface area contributed by atoms with E-state index in [9.17, 15) is 4.79 Å². The third kappa shape index (κ3) is 5.58. The van der Waals surface area contributed by atoms with Crippen LogP contribution in [0.25, 0.3) is 0 Å². The van der Waals surface area contributed by atoms with E-state index in [0.717, 1.165) is 25.9 Å². The van der Waals surface area contributed by atoms with Gasteiger partial charge in [-0.25, -0.2) is 0 Å². The van der Waals surface area contributed by atoms with Crippen LogP contribution in [0.3, 0.4) is 0 Å². The van der Waals surface area contributed by atoms with Crippen LogP contribution >= 0.6 is 11.3 Å². The summed E-state index contributed by atoms with van der Waals surface area (Å²) in [6.45, 7) is 5.74. The summed E-state index contributed by atoms with van der Waals surface area (Å²) in [5, 5.41) is 1.88. The number of quaternary nitrogens is 1. The molecule has 0 aromatic carbocycles. The van der Waals surface area contributed by atoms with Gasteiger partial charge in [0.25, 0.3) is 11.9 Å². The Balaban J connectivity index is 2.04. The number of aliphatic imine (C=N–C) groups is 1. The van der Waals surface area contributed by atoms with Gasteiger partial charge in [-0.3, -0.25) is 4.79 Å². The number of hydrogen-bond acceptors (Lipinski definition) is 4. The molecule has 1 N–H and O–H groups in total. The smallest absolute Gasteiger partial charge is 0.295 e. The molecule has 0 atom stereocenters. The lowest BCUT2D eigenvalue weighted by atomic mass is 10.0. The van der Waals surface area contributed by atoms with Crippen molar-refractivity contribution in [2.45, 2.75) is 25.8 Å². The molecule has 0 aliphatic carbocycles. The van der Waals surface area contributed by atoms with Gasteiger partial charge in [0, 0.05) is 32.5 Å². The molecule has 1 aromatic rings. The van der Waals surface area contributed by atoms with Gasteiger partial charge in [0.15, 0.2) is 0 Å². The second-order valence-electron chi connectivity index (χ2n) is 6.02. The van der Waals surface area contributed by atoms with Crippen molar-refractivity contribution < 1.29 is 19.2 Å². The van der Waals surface area contributed by atoms with Crippen LogP contribution in [0.15, 0.2) is 22.5 Å². The van der Waals surface area contributed by atoms with Crippen LogP contribution in [0, 0.1) is 0 Å². The number of amides is 1. The molecular formula is C17H28N3O3S+. The van der Waals surface area contributed by atoms with Crippen molar-refractivity contribution in [2.75, 3.05) is 47.0 Å². The second-order valence-corrected chi connectivity index (χ2v) is 6.97. The molecule has 1 aromatic heterocycles. The molecule has 0 radical (unpaired) electrons. The SMILES string of the molecule is CCOCCOC(=NC(=O)c1cccs1)N(C)C1CC[NH+](C)CC1. The molecule has 0 spiro atoms. The fraction of sp³-hybridized carbons (Fsp3) is 0.647. The van der Waals surface area contributed by atoms with E-state index in [1.807, 2.05) is 30.3 Å². The highest BCUT2D eigenvalue weighted by Crippen LogP contribution is 2.13. The molecule has 2 rings (SSSR count). The fourth-order valence-corrected chi connectivity index (χ4v) is 3.34. The molecule has 1 fully saturated rings. The summed E-state index contributed by atoms with van der Waals surface area (Å²) >= 11 is 1.39. The highest BCUT2D eigenvalue weighted by atomic mass is 32.1. The Morgan fingerprint density at radius 2 is 2.17 bits per heavy atom. The van der Waals surface area contributed by atoms with Gasteiger partial charge >= 0.3 is 0 Å². The lowest BCUT2D eigenvalue weighted by Crippen LogP contribution is -3.10. The fourth-order valence-electron chi connectivity index (χ4n) is 2.73. The minimum absolute atomic E-state index is 0.248. The van der Waals surface area contributed by atoms with Crippen LogP contribution in [0.4, 0.5) is 0 Å². The summed E-state index contributed by atoms with van der Waals surface area (Å²) in [6, 6.07) is 4.40. The van der Waals surface area contributed by atoms with E-state index < -0.39 is 0 Å². The topological polar surface area (TPSA) is 55.6 Å². The Kier molecular flexibility index (Phi) is 7.68. The number of thiophene rings is 1. The van der Waals surface area contributed by atoms with Crippen molar-refractivity contribution in [1.29, 1.82) is 0 Å². The van der Waals surface area contributed by atoms with Gasteiger partial charge in [-0.1, -0.05) is 6.07 Å². The first kappa shape index (κ1) is 18.9. The van der Waals surface area contributed by atoms with Crippen molar-refractivity contribution in [3.63, 3.8) is 0 Å². The van der Waals surface area contributed by atoms with Gasteiger partial charge in [-0.05, 0) is 18.4 Å². The molecule has 0 bridgehead atoms. The Labute approximate surface area is 148 Å². The van der Waals surface area contributed by atoms with Crippen LogP contribution in [0.2, 0.25) is 0 Å². The number of nitrogens with zero attached hydrogens (tertiary/aromatic N) is 2. The normalized spacial score (nSPS) is 21.5. The van der Waals surface area contributed by atoms with Gasteiger partial charge < -0.3 is 19.3 Å². The number of piperidine rings is 1. The quantitative estimate of drug-likeness (QED) is 0.469. The van der Waals surface area contributed by atoms with E-state index in [4.69, 9.17) is 9.47 Å². The van der Waals surface area contributed by atoms with Gasteiger partial charge in [0.1, 0.15) is 6.61 Å². The molecule has 2 heterocycles. The van der Waals surface area contributed by atoms with Crippen LogP contribution in [0.5, 0.6) is 0 Å². The van der Waals surface area contributed by atoms with Gasteiger partial charge in [0.2, 0.25) is 0 Å². The monoisotopic (exact) mass is 354 g/mol. The molecule has 0 unspecified atom stereocenters. The minimum Gasteiger partial charge on any atom is -0.462 e. The van der Waals surface area contributed by atoms with Crippen LogP contribution in [0.1, 0.15) is 29.4 Å². The summed E-state index contributed by atoms with van der Waals surface area (Å²) in [6.07, 6.45) is 2.15. The van der Waals surface area contributed by atoms with E-state index in [2.05, 4.69) is 12.0 Å². The van der Waals surface area contributed by atoms with Gasteiger partial charge in [-0.2, -0.15) is 4.99 Å². The maximum absolute atomic E-state index is 12.3. The van der Waals surface area contributed by atoms with Crippen LogP contribution in [-0.2, 0) is 9.47 Å². The average molecular weight is 354 g/mol. The lowest BCUT2D eigenvalue weighted by molar-refractivity contribution is -0.885. The third-order valence-electron chi connectivity index (χ3n) is 4.25. The van der Waals surface area contributed by atoms with Gasteiger partial charge in [-0.15, -0.1) is 11.3 Å². The number of ether oxygens (including phenoxy) is 2. The van der Waals surface area contributed by atoms with Crippen LogP contribution < -0.4 is 4.90 Å². The summed E-state index contributed by atoms with van der Waals surface area (Å²) in [7, 11) is 4.18. The lowest BCUT2D eigenvalue weighted by Gasteiger charge is -2.34.